The molecule has 0 aliphatic carbocycles. The first kappa shape index (κ1) is 17.2. The van der Waals surface area contributed by atoms with Gasteiger partial charge in [0, 0.05) is 10.8 Å². The van der Waals surface area contributed by atoms with Gasteiger partial charge in [-0.3, -0.25) is 0 Å². The van der Waals surface area contributed by atoms with Crippen molar-refractivity contribution in [1.29, 1.82) is 0 Å². The van der Waals surface area contributed by atoms with Crippen molar-refractivity contribution in [2.24, 2.45) is 0 Å². The zero-order chi connectivity index (χ0) is 18.9. The van der Waals surface area contributed by atoms with Crippen LogP contribution in [-0.2, 0) is 5.41 Å². The molecule has 1 aromatic heterocycles. The van der Waals surface area contributed by atoms with Crippen molar-refractivity contribution in [3.63, 3.8) is 0 Å². The van der Waals surface area contributed by atoms with Gasteiger partial charge in [-0.05, 0) is 39.3 Å². The van der Waals surface area contributed by atoms with E-state index in [0.29, 0.717) is 0 Å². The normalized spacial score (nSPS) is 11.5. The third-order valence-corrected chi connectivity index (χ3v) is 4.79. The molecule has 0 atom stereocenters. The van der Waals surface area contributed by atoms with E-state index in [1.54, 1.807) is 6.26 Å². The molecule has 0 unspecified atom stereocenters. The van der Waals surface area contributed by atoms with Gasteiger partial charge in [-0.15, -0.1) is 5.10 Å². The van der Waals surface area contributed by atoms with Gasteiger partial charge in [0.2, 0.25) is 0 Å². The van der Waals surface area contributed by atoms with E-state index < -0.39 is 0 Å². The summed E-state index contributed by atoms with van der Waals surface area (Å²) in [6.07, 6.45) is 1.60. The summed E-state index contributed by atoms with van der Waals surface area (Å²) in [6, 6.07) is 25.4. The Labute approximate surface area is 159 Å². The molecule has 0 saturated heterocycles. The van der Waals surface area contributed by atoms with Crippen molar-refractivity contribution in [2.45, 2.75) is 26.2 Å². The van der Waals surface area contributed by atoms with Crippen LogP contribution >= 0.6 is 0 Å². The third-order valence-electron chi connectivity index (χ3n) is 4.79. The molecule has 0 fully saturated rings. The van der Waals surface area contributed by atoms with Gasteiger partial charge >= 0.3 is 0 Å². The van der Waals surface area contributed by atoms with Gasteiger partial charge in [-0.2, -0.15) is 0 Å². The summed E-state index contributed by atoms with van der Waals surface area (Å²) >= 11 is 0. The van der Waals surface area contributed by atoms with Gasteiger partial charge in [-0.25, -0.2) is 0 Å². The van der Waals surface area contributed by atoms with Crippen LogP contribution in [0.4, 0.5) is 0 Å². The molecule has 0 aliphatic heterocycles. The Balaban J connectivity index is 1.93. The molecule has 1 heterocycles. The smallest absolute Gasteiger partial charge is 0.152 e. The van der Waals surface area contributed by atoms with Crippen molar-refractivity contribution in [3.8, 4) is 33.5 Å². The van der Waals surface area contributed by atoms with Crippen LogP contribution in [0.15, 0.2) is 83.6 Å². The van der Waals surface area contributed by atoms with Crippen LogP contribution in [0.2, 0.25) is 0 Å². The molecule has 0 N–H and O–H groups in total. The van der Waals surface area contributed by atoms with Crippen LogP contribution < -0.4 is 0 Å². The molecule has 0 bridgehead atoms. The number of hydrogen-bond acceptors (Lipinski definition) is 3. The van der Waals surface area contributed by atoms with Crippen molar-refractivity contribution in [2.75, 3.05) is 0 Å². The molecule has 27 heavy (non-hydrogen) atoms. The summed E-state index contributed by atoms with van der Waals surface area (Å²) < 4.78 is 5.02. The van der Waals surface area contributed by atoms with Crippen LogP contribution in [0.25, 0.3) is 33.5 Å². The molecular weight excluding hydrogens is 332 g/mol. The molecule has 3 heteroatoms. The Morgan fingerprint density at radius 1 is 0.704 bits per heavy atom. The lowest BCUT2D eigenvalue weighted by Crippen LogP contribution is -2.12. The molecule has 3 aromatic carbocycles. The van der Waals surface area contributed by atoms with E-state index in [1.165, 1.54) is 16.7 Å². The third kappa shape index (κ3) is 3.41. The fourth-order valence-electron chi connectivity index (χ4n) is 3.46. The van der Waals surface area contributed by atoms with E-state index in [0.717, 1.165) is 22.4 Å². The highest BCUT2D eigenvalue weighted by molar-refractivity contribution is 5.86. The Morgan fingerprint density at radius 2 is 1.44 bits per heavy atom. The van der Waals surface area contributed by atoms with Crippen molar-refractivity contribution in [3.05, 3.63) is 84.6 Å². The Bertz CT molecular complexity index is 1050. The summed E-state index contributed by atoms with van der Waals surface area (Å²) in [6.45, 7) is 6.73. The first-order valence-corrected chi connectivity index (χ1v) is 9.11. The zero-order valence-electron chi connectivity index (χ0n) is 15.8. The average molecular weight is 354 g/mol. The zero-order valence-corrected chi connectivity index (χ0v) is 15.8. The van der Waals surface area contributed by atoms with Gasteiger partial charge in [0.05, 0.1) is 0 Å². The minimum Gasteiger partial charge on any atom is -0.345 e. The predicted octanol–water partition coefficient (Wildman–Crippen LogP) is 6.37. The van der Waals surface area contributed by atoms with Gasteiger partial charge in [0.1, 0.15) is 5.69 Å². The topological polar surface area (TPSA) is 38.9 Å². The molecule has 0 aliphatic rings. The molecule has 3 nitrogen and oxygen atoms in total. The number of aromatic nitrogens is 2. The second-order valence-electron chi connectivity index (χ2n) is 7.71. The maximum atomic E-state index is 5.02. The number of rotatable bonds is 3. The minimum absolute atomic E-state index is 0.0598. The van der Waals surface area contributed by atoms with Crippen LogP contribution in [0, 0.1) is 0 Å². The van der Waals surface area contributed by atoms with Crippen LogP contribution in [-0.4, -0.2) is 10.4 Å². The van der Waals surface area contributed by atoms with Gasteiger partial charge in [-0.1, -0.05) is 87.5 Å². The van der Waals surface area contributed by atoms with E-state index in [4.69, 9.17) is 4.52 Å². The van der Waals surface area contributed by atoms with Crippen LogP contribution in [0.5, 0.6) is 0 Å². The standard InChI is InChI=1S/C24H22N2O/c1-24(2,3)22-12-8-7-11-20(22)18-13-14-19(17-9-5-4-6-10-17)21(15-18)23-16-27-26-25-23/h4-16H,1-3H3. The molecule has 0 radical (unpaired) electrons. The predicted molar refractivity (Wildman–Crippen MR) is 109 cm³/mol. The molecular formula is C24H22N2O. The maximum Gasteiger partial charge on any atom is 0.152 e. The van der Waals surface area contributed by atoms with Crippen molar-refractivity contribution in [1.82, 2.24) is 10.4 Å². The largest absolute Gasteiger partial charge is 0.345 e. The highest BCUT2D eigenvalue weighted by Gasteiger charge is 2.19. The molecule has 134 valence electrons. The lowest BCUT2D eigenvalue weighted by Gasteiger charge is -2.23. The fourth-order valence-corrected chi connectivity index (χ4v) is 3.46. The first-order valence-electron chi connectivity index (χ1n) is 9.11. The lowest BCUT2D eigenvalue weighted by atomic mass is 9.81. The molecule has 0 saturated carbocycles. The Kier molecular flexibility index (Phi) is 4.36. The molecule has 4 aromatic rings. The average Bonchev–Trinajstić information content (AvgIpc) is 3.22. The quantitative estimate of drug-likeness (QED) is 0.429. The summed E-state index contributed by atoms with van der Waals surface area (Å²) in [7, 11) is 0. The van der Waals surface area contributed by atoms with E-state index in [9.17, 15) is 0 Å². The van der Waals surface area contributed by atoms with E-state index in [1.807, 2.05) is 18.2 Å². The highest BCUT2D eigenvalue weighted by Crippen LogP contribution is 2.38. The molecule has 0 amide bonds. The van der Waals surface area contributed by atoms with Crippen molar-refractivity contribution >= 4 is 0 Å². The summed E-state index contributed by atoms with van der Waals surface area (Å²) in [5.74, 6) is 0. The maximum absolute atomic E-state index is 5.02. The SMILES string of the molecule is CC(C)(C)c1ccccc1-c1ccc(-c2ccccc2)c(-c2conn2)c1. The van der Waals surface area contributed by atoms with E-state index in [2.05, 4.69) is 85.7 Å². The number of benzene rings is 3. The van der Waals surface area contributed by atoms with Crippen LogP contribution in [0.1, 0.15) is 26.3 Å². The number of hydrogen-bond donors (Lipinski definition) is 0. The van der Waals surface area contributed by atoms with Gasteiger partial charge in [0.15, 0.2) is 6.26 Å². The second-order valence-corrected chi connectivity index (χ2v) is 7.71. The van der Waals surface area contributed by atoms with Gasteiger partial charge < -0.3 is 4.52 Å². The Hall–Kier alpha value is -3.20. The molecule has 4 rings (SSSR count). The van der Waals surface area contributed by atoms with E-state index >= 15 is 0 Å². The molecule has 0 spiro atoms. The fraction of sp³-hybridized carbons (Fsp3) is 0.167. The highest BCUT2D eigenvalue weighted by atomic mass is 16.5. The van der Waals surface area contributed by atoms with E-state index in [-0.39, 0.29) is 5.41 Å². The summed E-state index contributed by atoms with van der Waals surface area (Å²) in [5.41, 5.74) is 7.80. The first-order chi connectivity index (χ1) is 13.0. The lowest BCUT2D eigenvalue weighted by molar-refractivity contribution is 0.393. The summed E-state index contributed by atoms with van der Waals surface area (Å²) in [5, 5.41) is 7.83. The van der Waals surface area contributed by atoms with Gasteiger partial charge in [0.25, 0.3) is 0 Å². The monoisotopic (exact) mass is 354 g/mol. The minimum atomic E-state index is 0.0598. The summed E-state index contributed by atoms with van der Waals surface area (Å²) in [4.78, 5) is 0. The van der Waals surface area contributed by atoms with Crippen LogP contribution in [0.3, 0.4) is 0 Å². The Morgan fingerprint density at radius 3 is 2.15 bits per heavy atom. The van der Waals surface area contributed by atoms with Crippen molar-refractivity contribution < 1.29 is 4.52 Å². The number of nitrogens with zero attached hydrogens (tertiary/aromatic N) is 2. The second kappa shape index (κ2) is 6.84.